The van der Waals surface area contributed by atoms with Crippen molar-refractivity contribution in [3.63, 3.8) is 0 Å². The Morgan fingerprint density at radius 1 is 1.50 bits per heavy atom. The average Bonchev–Trinajstić information content (AvgIpc) is 3.30. The molecule has 0 amide bonds. The van der Waals surface area contributed by atoms with Crippen molar-refractivity contribution in [1.29, 1.82) is 0 Å². The third-order valence-corrected chi connectivity index (χ3v) is 7.00. The number of aliphatic hydroxyl groups is 1. The van der Waals surface area contributed by atoms with Gasteiger partial charge in [-0.1, -0.05) is 12.1 Å². The number of carboxylic acid groups (broad SMARTS) is 1. The third kappa shape index (κ3) is 4.74. The van der Waals surface area contributed by atoms with Crippen molar-refractivity contribution < 1.29 is 15.0 Å². The molecular weight excluding hydrogens is 323 g/mol. The summed E-state index contributed by atoms with van der Waals surface area (Å²) < 4.78 is 2.13. The fourth-order valence-corrected chi connectivity index (χ4v) is 5.07. The van der Waals surface area contributed by atoms with Crippen LogP contribution in [0.5, 0.6) is 0 Å². The van der Waals surface area contributed by atoms with Crippen LogP contribution in [-0.2, 0) is 23.0 Å². The molecular formula is C13H21N4O3PS. The minimum absolute atomic E-state index is 0.0292. The molecule has 1 aromatic rings. The Kier molecular flexibility index (Phi) is 5.91. The number of aliphatic carboxylic acids is 1. The molecule has 1 saturated heterocycles. The molecule has 0 bridgehead atoms. The molecule has 7 nitrogen and oxygen atoms in total. The van der Waals surface area contributed by atoms with Crippen molar-refractivity contribution in [2.75, 3.05) is 31.3 Å². The van der Waals surface area contributed by atoms with E-state index in [1.54, 1.807) is 0 Å². The van der Waals surface area contributed by atoms with Gasteiger partial charge in [0.15, 0.2) is 6.49 Å². The number of hydrogen-bond acceptors (Lipinski definition) is 4. The van der Waals surface area contributed by atoms with E-state index in [2.05, 4.69) is 14.8 Å². The van der Waals surface area contributed by atoms with E-state index in [9.17, 15) is 4.79 Å². The molecule has 0 spiro atoms. The second-order valence-electron chi connectivity index (χ2n) is 5.12. The Morgan fingerprint density at radius 2 is 2.23 bits per heavy atom. The maximum Gasteiger partial charge on any atom is 0.320 e. The highest BCUT2D eigenvalue weighted by Crippen LogP contribution is 2.49. The predicted molar refractivity (Wildman–Crippen MR) is 90.3 cm³/mol. The molecule has 2 rings (SSSR count). The Bertz CT molecular complexity index is 582. The normalized spacial score (nSPS) is 18.5. The third-order valence-electron chi connectivity index (χ3n) is 3.24. The fraction of sp³-hybridized carbons (Fsp3) is 0.462. The number of benzene rings is 1. The van der Waals surface area contributed by atoms with Crippen molar-refractivity contribution in [2.24, 2.45) is 5.73 Å². The molecule has 2 unspecified atom stereocenters. The largest absolute Gasteiger partial charge is 0.480 e. The topological polar surface area (TPSA) is 111 Å². The molecule has 122 valence electrons. The van der Waals surface area contributed by atoms with Gasteiger partial charge in [0.1, 0.15) is 6.04 Å². The van der Waals surface area contributed by atoms with Crippen LogP contribution in [0.25, 0.3) is 0 Å². The van der Waals surface area contributed by atoms with Gasteiger partial charge in [-0.3, -0.25) is 9.88 Å². The maximum atomic E-state index is 10.8. The summed E-state index contributed by atoms with van der Waals surface area (Å²) in [5, 5.41) is 24.4. The minimum Gasteiger partial charge on any atom is -0.480 e. The first kappa shape index (κ1) is 17.3. The summed E-state index contributed by atoms with van der Waals surface area (Å²) in [4.78, 5) is 10.8. The number of anilines is 1. The minimum atomic E-state index is -2.13. The van der Waals surface area contributed by atoms with Crippen LogP contribution < -0.4 is 15.9 Å². The number of carbonyl (C=O) groups is 1. The molecule has 1 aromatic carbocycles. The van der Waals surface area contributed by atoms with Crippen LogP contribution in [0.4, 0.5) is 5.69 Å². The second kappa shape index (κ2) is 7.50. The van der Waals surface area contributed by atoms with Gasteiger partial charge in [0, 0.05) is 25.3 Å². The molecule has 0 aliphatic carbocycles. The number of aliphatic hydroxyl groups excluding tert-OH is 1. The van der Waals surface area contributed by atoms with Crippen LogP contribution >= 0.6 is 6.49 Å². The van der Waals surface area contributed by atoms with E-state index in [0.29, 0.717) is 6.54 Å². The zero-order valence-electron chi connectivity index (χ0n) is 12.1. The van der Waals surface area contributed by atoms with E-state index in [4.69, 9.17) is 27.8 Å². The number of nitrogens with two attached hydrogens (primary N) is 1. The molecule has 1 aliphatic rings. The van der Waals surface area contributed by atoms with E-state index in [0.717, 1.165) is 24.3 Å². The number of rotatable bonds is 9. The summed E-state index contributed by atoms with van der Waals surface area (Å²) in [6.45, 7) is 0.205. The monoisotopic (exact) mass is 344 g/mol. The van der Waals surface area contributed by atoms with Crippen molar-refractivity contribution in [3.8, 4) is 0 Å². The van der Waals surface area contributed by atoms with Gasteiger partial charge in [0.05, 0.1) is 6.61 Å². The fourth-order valence-electron chi connectivity index (χ4n) is 2.02. The van der Waals surface area contributed by atoms with Crippen molar-refractivity contribution in [1.82, 2.24) is 9.76 Å². The Hall–Kier alpha value is -1.02. The van der Waals surface area contributed by atoms with Crippen LogP contribution in [0.3, 0.4) is 0 Å². The predicted octanol–water partition coefficient (Wildman–Crippen LogP) is 0.175. The van der Waals surface area contributed by atoms with Crippen LogP contribution in [0, 0.1) is 0 Å². The molecule has 1 heterocycles. The summed E-state index contributed by atoms with van der Waals surface area (Å²) in [7, 11) is 0. The zero-order valence-corrected chi connectivity index (χ0v) is 13.8. The summed E-state index contributed by atoms with van der Waals surface area (Å²) in [5.74, 6) is -1.02. The molecule has 0 radical (unpaired) electrons. The Labute approximate surface area is 134 Å². The van der Waals surface area contributed by atoms with Gasteiger partial charge in [0.25, 0.3) is 0 Å². The van der Waals surface area contributed by atoms with Gasteiger partial charge in [-0.2, -0.15) is 0 Å². The van der Waals surface area contributed by atoms with Gasteiger partial charge >= 0.3 is 5.97 Å². The lowest BCUT2D eigenvalue weighted by atomic mass is 10.1. The van der Waals surface area contributed by atoms with E-state index in [-0.39, 0.29) is 13.0 Å². The highest BCUT2D eigenvalue weighted by molar-refractivity contribution is 8.13. The van der Waals surface area contributed by atoms with Crippen LogP contribution in [-0.4, -0.2) is 53.1 Å². The highest BCUT2D eigenvalue weighted by Gasteiger charge is 2.33. The summed E-state index contributed by atoms with van der Waals surface area (Å²) in [6.07, 6.45) is 0.265. The molecule has 0 aromatic heterocycles. The number of hydrogen-bond donors (Lipinski definition) is 5. The molecule has 6 N–H and O–H groups in total. The van der Waals surface area contributed by atoms with E-state index >= 15 is 0 Å². The summed E-state index contributed by atoms with van der Waals surface area (Å²) in [6, 6.07) is 6.53. The van der Waals surface area contributed by atoms with Gasteiger partial charge in [0.2, 0.25) is 0 Å². The van der Waals surface area contributed by atoms with Crippen molar-refractivity contribution >= 4 is 30.0 Å². The molecule has 0 saturated carbocycles. The first-order valence-electron chi connectivity index (χ1n) is 7.01. The van der Waals surface area contributed by atoms with Crippen molar-refractivity contribution in [3.05, 3.63) is 29.8 Å². The number of nitrogens with one attached hydrogen (secondary N) is 2. The molecule has 2 atom stereocenters. The van der Waals surface area contributed by atoms with E-state index in [1.165, 1.54) is 0 Å². The number of carboxylic acids is 1. The second-order valence-corrected chi connectivity index (χ2v) is 8.97. The standard InChI is InChI=1S/C13H21N4O3PS/c14-12(13(19)20)9-10-2-1-3-11(8-10)16-21(22,15-4-7-18)17-5-6-17/h1-3,8,12,18H,4-7,9,14H2,(H,19,20)(H2,15,16,22). The highest BCUT2D eigenvalue weighted by atomic mass is 32.4. The molecule has 9 heteroatoms. The van der Waals surface area contributed by atoms with Crippen LogP contribution in [0.2, 0.25) is 0 Å². The van der Waals surface area contributed by atoms with Crippen LogP contribution in [0.1, 0.15) is 5.56 Å². The average molecular weight is 344 g/mol. The van der Waals surface area contributed by atoms with E-state index in [1.807, 2.05) is 24.3 Å². The molecule has 1 fully saturated rings. The maximum absolute atomic E-state index is 10.8. The lowest BCUT2D eigenvalue weighted by molar-refractivity contribution is -0.138. The Morgan fingerprint density at radius 3 is 2.82 bits per heavy atom. The lowest BCUT2D eigenvalue weighted by Crippen LogP contribution is -2.32. The summed E-state index contributed by atoms with van der Waals surface area (Å²) in [5.41, 5.74) is 7.24. The van der Waals surface area contributed by atoms with Gasteiger partial charge < -0.3 is 21.0 Å². The van der Waals surface area contributed by atoms with Gasteiger partial charge in [-0.05, 0) is 35.9 Å². The zero-order chi connectivity index (χ0) is 16.2. The lowest BCUT2D eigenvalue weighted by Gasteiger charge is -2.26. The Balaban J connectivity index is 2.08. The van der Waals surface area contributed by atoms with E-state index < -0.39 is 18.5 Å². The SMILES string of the molecule is NC(Cc1cccc(NP(=S)(NCCO)N2CC2)c1)C(=O)O. The first-order valence-corrected chi connectivity index (χ1v) is 9.77. The first-order chi connectivity index (χ1) is 10.4. The van der Waals surface area contributed by atoms with Gasteiger partial charge in [-0.25, -0.2) is 4.67 Å². The van der Waals surface area contributed by atoms with Gasteiger partial charge in [-0.15, -0.1) is 0 Å². The smallest absolute Gasteiger partial charge is 0.320 e. The number of nitrogens with zero attached hydrogens (tertiary/aromatic N) is 1. The quantitative estimate of drug-likeness (QED) is 0.319. The van der Waals surface area contributed by atoms with Crippen molar-refractivity contribution in [2.45, 2.75) is 12.5 Å². The molecule has 22 heavy (non-hydrogen) atoms. The molecule has 1 aliphatic heterocycles. The van der Waals surface area contributed by atoms with Crippen LogP contribution in [0.15, 0.2) is 24.3 Å². The summed E-state index contributed by atoms with van der Waals surface area (Å²) >= 11 is 5.69.